The number of hydrogen-bond donors (Lipinski definition) is 0. The van der Waals surface area contributed by atoms with E-state index in [-0.39, 0.29) is 12.1 Å². The summed E-state index contributed by atoms with van der Waals surface area (Å²) in [5.74, 6) is 0. The summed E-state index contributed by atoms with van der Waals surface area (Å²) in [7, 11) is -3.41. The van der Waals surface area contributed by atoms with Crippen LogP contribution in [0.2, 0.25) is 4.34 Å². The molecule has 0 spiro atoms. The highest BCUT2D eigenvalue weighted by Crippen LogP contribution is 2.29. The van der Waals surface area contributed by atoms with Crippen LogP contribution in [0.25, 0.3) is 0 Å². The van der Waals surface area contributed by atoms with Crippen molar-refractivity contribution in [2.75, 3.05) is 0 Å². The highest BCUT2D eigenvalue weighted by molar-refractivity contribution is 7.91. The average molecular weight is 282 g/mol. The van der Waals surface area contributed by atoms with E-state index < -0.39 is 10.0 Å². The maximum absolute atomic E-state index is 12.3. The van der Waals surface area contributed by atoms with E-state index in [1.165, 1.54) is 4.31 Å². The van der Waals surface area contributed by atoms with Crippen molar-refractivity contribution in [3.05, 3.63) is 16.5 Å². The van der Waals surface area contributed by atoms with Crippen molar-refractivity contribution in [2.24, 2.45) is 0 Å². The Kier molecular flexibility index (Phi) is 4.40. The number of rotatable bonds is 4. The molecule has 0 N–H and O–H groups in total. The number of halogens is 1. The lowest BCUT2D eigenvalue weighted by atomic mass is 10.3. The fourth-order valence-electron chi connectivity index (χ4n) is 1.69. The van der Waals surface area contributed by atoms with Crippen LogP contribution in [0.4, 0.5) is 0 Å². The van der Waals surface area contributed by atoms with Crippen molar-refractivity contribution in [1.29, 1.82) is 0 Å². The highest BCUT2D eigenvalue weighted by atomic mass is 35.5. The van der Waals surface area contributed by atoms with Crippen LogP contribution in [0.15, 0.2) is 16.3 Å². The molecule has 0 saturated heterocycles. The molecule has 0 fully saturated rings. The molecule has 0 amide bonds. The second-order valence-corrected chi connectivity index (χ2v) is 7.87. The van der Waals surface area contributed by atoms with Crippen LogP contribution in [-0.4, -0.2) is 24.8 Å². The maximum atomic E-state index is 12.3. The SMILES string of the molecule is CC(C)N(C(C)C)S(=O)(=O)c1ccc(Cl)s1. The van der Waals surface area contributed by atoms with Crippen molar-refractivity contribution in [1.82, 2.24) is 4.31 Å². The molecule has 1 aromatic heterocycles. The Balaban J connectivity index is 3.18. The Morgan fingerprint density at radius 3 is 2.00 bits per heavy atom. The second-order valence-electron chi connectivity index (χ2n) is 4.08. The standard InChI is InChI=1S/C10H16ClNO2S2/c1-7(2)12(8(3)4)16(13,14)10-6-5-9(11)15-10/h5-8H,1-4H3. The predicted octanol–water partition coefficient (Wildman–Crippen LogP) is 3.21. The van der Waals surface area contributed by atoms with Crippen molar-refractivity contribution < 1.29 is 8.42 Å². The van der Waals surface area contributed by atoms with E-state index in [2.05, 4.69) is 0 Å². The number of nitrogens with zero attached hydrogens (tertiary/aromatic N) is 1. The quantitative estimate of drug-likeness (QED) is 0.850. The number of sulfonamides is 1. The average Bonchev–Trinajstić information content (AvgIpc) is 2.49. The Morgan fingerprint density at radius 1 is 1.19 bits per heavy atom. The van der Waals surface area contributed by atoms with Gasteiger partial charge in [-0.3, -0.25) is 0 Å². The monoisotopic (exact) mass is 281 g/mol. The Bertz CT molecular complexity index is 443. The van der Waals surface area contributed by atoms with Gasteiger partial charge in [-0.15, -0.1) is 11.3 Å². The van der Waals surface area contributed by atoms with Crippen LogP contribution in [0.5, 0.6) is 0 Å². The molecule has 6 heteroatoms. The minimum atomic E-state index is -3.41. The van der Waals surface area contributed by atoms with Crippen LogP contribution in [0.3, 0.4) is 0 Å². The van der Waals surface area contributed by atoms with Crippen LogP contribution >= 0.6 is 22.9 Å². The molecule has 1 heterocycles. The van der Waals surface area contributed by atoms with Gasteiger partial charge in [-0.1, -0.05) is 11.6 Å². The van der Waals surface area contributed by atoms with Gasteiger partial charge in [0.15, 0.2) is 0 Å². The van der Waals surface area contributed by atoms with E-state index in [4.69, 9.17) is 11.6 Å². The van der Waals surface area contributed by atoms with Crippen molar-refractivity contribution in [3.63, 3.8) is 0 Å². The topological polar surface area (TPSA) is 37.4 Å². The number of thiophene rings is 1. The van der Waals surface area contributed by atoms with Gasteiger partial charge in [-0.25, -0.2) is 8.42 Å². The molecule has 0 bridgehead atoms. The second kappa shape index (κ2) is 5.04. The Labute approximate surface area is 106 Å². The van der Waals surface area contributed by atoms with Crippen LogP contribution in [0, 0.1) is 0 Å². The largest absolute Gasteiger partial charge is 0.253 e. The molecule has 0 aromatic carbocycles. The van der Waals surface area contributed by atoms with E-state index in [0.29, 0.717) is 8.55 Å². The summed E-state index contributed by atoms with van der Waals surface area (Å²) in [5.41, 5.74) is 0. The van der Waals surface area contributed by atoms with Gasteiger partial charge in [0.1, 0.15) is 4.21 Å². The van der Waals surface area contributed by atoms with Gasteiger partial charge in [-0.2, -0.15) is 4.31 Å². The van der Waals surface area contributed by atoms with E-state index in [0.717, 1.165) is 11.3 Å². The van der Waals surface area contributed by atoms with Crippen LogP contribution < -0.4 is 0 Å². The molecule has 92 valence electrons. The molecule has 0 saturated carbocycles. The van der Waals surface area contributed by atoms with E-state index in [1.54, 1.807) is 12.1 Å². The Hall–Kier alpha value is -0.100. The summed E-state index contributed by atoms with van der Waals surface area (Å²) < 4.78 is 26.9. The first-order valence-electron chi connectivity index (χ1n) is 5.05. The summed E-state index contributed by atoms with van der Waals surface area (Å²) in [6, 6.07) is 3.04. The highest BCUT2D eigenvalue weighted by Gasteiger charge is 2.30. The van der Waals surface area contributed by atoms with Gasteiger partial charge in [0, 0.05) is 12.1 Å². The smallest absolute Gasteiger partial charge is 0.206 e. The zero-order chi connectivity index (χ0) is 12.5. The molecule has 1 aromatic rings. The summed E-state index contributed by atoms with van der Waals surface area (Å²) in [6.45, 7) is 7.47. The molecule has 3 nitrogen and oxygen atoms in total. The molecule has 0 aliphatic heterocycles. The van der Waals surface area contributed by atoms with Gasteiger partial charge in [0.2, 0.25) is 0 Å². The van der Waals surface area contributed by atoms with Gasteiger partial charge < -0.3 is 0 Å². The zero-order valence-corrected chi connectivity index (χ0v) is 12.2. The van der Waals surface area contributed by atoms with Crippen LogP contribution in [-0.2, 0) is 10.0 Å². The van der Waals surface area contributed by atoms with Gasteiger partial charge in [-0.05, 0) is 39.8 Å². The zero-order valence-electron chi connectivity index (χ0n) is 9.77. The molecule has 0 unspecified atom stereocenters. The Morgan fingerprint density at radius 2 is 1.69 bits per heavy atom. The lowest BCUT2D eigenvalue weighted by molar-refractivity contribution is 0.303. The lowest BCUT2D eigenvalue weighted by Gasteiger charge is -2.28. The maximum Gasteiger partial charge on any atom is 0.253 e. The van der Waals surface area contributed by atoms with E-state index in [1.807, 2.05) is 27.7 Å². The molecular formula is C10H16ClNO2S2. The third kappa shape index (κ3) is 2.77. The molecule has 0 atom stereocenters. The fourth-order valence-corrected chi connectivity index (χ4v) is 5.11. The first kappa shape index (κ1) is 14.0. The predicted molar refractivity (Wildman–Crippen MR) is 68.6 cm³/mol. The van der Waals surface area contributed by atoms with Crippen molar-refractivity contribution in [3.8, 4) is 0 Å². The molecule has 16 heavy (non-hydrogen) atoms. The van der Waals surface area contributed by atoms with Gasteiger partial charge in [0.25, 0.3) is 10.0 Å². The minimum Gasteiger partial charge on any atom is -0.206 e. The number of hydrogen-bond acceptors (Lipinski definition) is 3. The molecular weight excluding hydrogens is 266 g/mol. The van der Waals surface area contributed by atoms with Crippen molar-refractivity contribution in [2.45, 2.75) is 44.0 Å². The third-order valence-corrected chi connectivity index (χ3v) is 6.05. The lowest BCUT2D eigenvalue weighted by Crippen LogP contribution is -2.41. The van der Waals surface area contributed by atoms with Crippen LogP contribution in [0.1, 0.15) is 27.7 Å². The molecule has 0 aliphatic carbocycles. The normalized spacial score (nSPS) is 13.0. The molecule has 1 rings (SSSR count). The van der Waals surface area contributed by atoms with Gasteiger partial charge >= 0.3 is 0 Å². The summed E-state index contributed by atoms with van der Waals surface area (Å²) >= 11 is 6.86. The van der Waals surface area contributed by atoms with Crippen molar-refractivity contribution >= 4 is 33.0 Å². The summed E-state index contributed by atoms with van der Waals surface area (Å²) in [4.78, 5) is 0. The first-order chi connectivity index (χ1) is 7.26. The molecule has 0 radical (unpaired) electrons. The van der Waals surface area contributed by atoms with E-state index >= 15 is 0 Å². The third-order valence-electron chi connectivity index (χ3n) is 2.10. The van der Waals surface area contributed by atoms with E-state index in [9.17, 15) is 8.42 Å². The minimum absolute atomic E-state index is 0.0640. The molecule has 0 aliphatic rings. The summed E-state index contributed by atoms with van der Waals surface area (Å²) in [6.07, 6.45) is 0. The van der Waals surface area contributed by atoms with Gasteiger partial charge in [0.05, 0.1) is 4.34 Å². The summed E-state index contributed by atoms with van der Waals surface area (Å²) in [5, 5.41) is 0. The first-order valence-corrected chi connectivity index (χ1v) is 7.69. The fraction of sp³-hybridized carbons (Fsp3) is 0.600.